The van der Waals surface area contributed by atoms with Gasteiger partial charge in [0.1, 0.15) is 5.82 Å². The molecule has 0 bridgehead atoms. The monoisotopic (exact) mass is 433 g/mol. The van der Waals surface area contributed by atoms with Crippen LogP contribution in [-0.2, 0) is 4.79 Å². The fraction of sp³-hybridized carbons (Fsp3) is 0.273. The van der Waals surface area contributed by atoms with Crippen molar-refractivity contribution in [2.75, 3.05) is 24.1 Å². The Morgan fingerprint density at radius 3 is 2.24 bits per heavy atom. The van der Waals surface area contributed by atoms with E-state index in [4.69, 9.17) is 5.11 Å². The maximum Gasteiger partial charge on any atom is 0.328 e. The number of benzene rings is 2. The Balaban J connectivity index is 2.35. The molecule has 0 aromatic heterocycles. The largest absolute Gasteiger partial charge is 0.478 e. The molecule has 7 heteroatoms. The van der Waals surface area contributed by atoms with Gasteiger partial charge in [0.15, 0.2) is 0 Å². The second-order valence-corrected chi connectivity index (χ2v) is 17.9. The minimum Gasteiger partial charge on any atom is -0.478 e. The van der Waals surface area contributed by atoms with Crippen LogP contribution in [0.4, 0.5) is 10.1 Å². The Labute approximate surface area is 174 Å². The van der Waals surface area contributed by atoms with E-state index >= 15 is 0 Å². The van der Waals surface area contributed by atoms with E-state index in [0.29, 0.717) is 11.3 Å². The van der Waals surface area contributed by atoms with Crippen LogP contribution in [0, 0.1) is 5.82 Å². The third-order valence-electron chi connectivity index (χ3n) is 4.41. The number of carboxylic acid groups (broad SMARTS) is 1. The second-order valence-electron chi connectivity index (χ2n) is 8.70. The Morgan fingerprint density at radius 1 is 1.07 bits per heavy atom. The van der Waals surface area contributed by atoms with Gasteiger partial charge in [-0.05, 0) is 54.0 Å². The molecule has 0 unspecified atom stereocenters. The first-order chi connectivity index (χ1) is 13.3. The molecular weight excluding hydrogens is 405 g/mol. The zero-order chi connectivity index (χ0) is 22.0. The van der Waals surface area contributed by atoms with Crippen LogP contribution in [0.5, 0.6) is 0 Å². The zero-order valence-corrected chi connectivity index (χ0v) is 19.5. The molecule has 29 heavy (non-hydrogen) atoms. The van der Waals surface area contributed by atoms with Gasteiger partial charge in [0.25, 0.3) is 5.91 Å². The quantitative estimate of drug-likeness (QED) is 0.509. The van der Waals surface area contributed by atoms with Crippen LogP contribution in [0.2, 0.25) is 19.6 Å². The van der Waals surface area contributed by atoms with Crippen molar-refractivity contribution in [2.24, 2.45) is 0 Å². The maximum absolute atomic E-state index is 14.2. The van der Waals surface area contributed by atoms with E-state index in [9.17, 15) is 14.0 Å². The highest BCUT2D eigenvalue weighted by Gasteiger charge is 2.22. The SMILES string of the molecule is C[Si](C)(C)c1cc(C(=O)Nc2ccc(/C=C/C(=O)O)c(F)c2)cc(S(C)(C)C)c1. The van der Waals surface area contributed by atoms with Crippen molar-refractivity contribution in [2.45, 2.75) is 24.5 Å². The number of hydrogen-bond acceptors (Lipinski definition) is 2. The molecule has 0 aliphatic carbocycles. The van der Waals surface area contributed by atoms with Crippen molar-refractivity contribution in [1.29, 1.82) is 0 Å². The van der Waals surface area contributed by atoms with Crippen LogP contribution in [0.1, 0.15) is 15.9 Å². The summed E-state index contributed by atoms with van der Waals surface area (Å²) in [6, 6.07) is 10.3. The summed E-state index contributed by atoms with van der Waals surface area (Å²) in [7, 11) is -2.64. The fourth-order valence-corrected chi connectivity index (χ4v) is 4.86. The van der Waals surface area contributed by atoms with Crippen LogP contribution in [0.3, 0.4) is 0 Å². The maximum atomic E-state index is 14.2. The van der Waals surface area contributed by atoms with Crippen LogP contribution in [0.15, 0.2) is 47.4 Å². The van der Waals surface area contributed by atoms with Gasteiger partial charge >= 0.3 is 5.97 Å². The van der Waals surface area contributed by atoms with E-state index in [1.165, 1.54) is 28.3 Å². The van der Waals surface area contributed by atoms with Gasteiger partial charge in [-0.25, -0.2) is 19.2 Å². The molecule has 0 aliphatic heterocycles. The Bertz CT molecular complexity index is 943. The summed E-state index contributed by atoms with van der Waals surface area (Å²) < 4.78 is 14.2. The molecule has 2 aromatic carbocycles. The Morgan fingerprint density at radius 2 is 1.72 bits per heavy atom. The Kier molecular flexibility index (Phi) is 6.75. The molecule has 0 aliphatic rings. The van der Waals surface area contributed by atoms with Crippen molar-refractivity contribution in [1.82, 2.24) is 0 Å². The summed E-state index contributed by atoms with van der Waals surface area (Å²) in [6.45, 7) is 6.72. The minimum absolute atomic E-state index is 0.143. The minimum atomic E-state index is -1.63. The van der Waals surface area contributed by atoms with Gasteiger partial charge < -0.3 is 10.4 Å². The fourth-order valence-electron chi connectivity index (χ4n) is 2.62. The van der Waals surface area contributed by atoms with Crippen LogP contribution in [-0.4, -0.2) is 43.8 Å². The average molecular weight is 434 g/mol. The van der Waals surface area contributed by atoms with Crippen molar-refractivity contribution in [3.05, 3.63) is 59.4 Å². The number of amides is 1. The van der Waals surface area contributed by atoms with Gasteiger partial charge in [0, 0.05) is 22.9 Å². The molecular formula is C22H28FNO3SSi. The molecule has 2 rings (SSSR count). The number of nitrogens with one attached hydrogen (secondary N) is 1. The van der Waals surface area contributed by atoms with Crippen molar-refractivity contribution >= 4 is 46.9 Å². The van der Waals surface area contributed by atoms with E-state index in [2.05, 4.69) is 49.8 Å². The predicted molar refractivity (Wildman–Crippen MR) is 124 cm³/mol. The third-order valence-corrected chi connectivity index (χ3v) is 8.08. The van der Waals surface area contributed by atoms with E-state index in [-0.39, 0.29) is 11.5 Å². The van der Waals surface area contributed by atoms with E-state index in [1.54, 1.807) is 6.07 Å². The van der Waals surface area contributed by atoms with Crippen molar-refractivity contribution in [3.63, 3.8) is 0 Å². The molecule has 1 amide bonds. The summed E-state index contributed by atoms with van der Waals surface area (Å²) in [4.78, 5) is 24.6. The first kappa shape index (κ1) is 22.9. The molecule has 2 N–H and O–H groups in total. The molecule has 2 aromatic rings. The number of hydrogen-bond donors (Lipinski definition) is 2. The lowest BCUT2D eigenvalue weighted by Crippen LogP contribution is -2.38. The highest BCUT2D eigenvalue weighted by molar-refractivity contribution is 8.32. The first-order valence-corrected chi connectivity index (χ1v) is 15.5. The van der Waals surface area contributed by atoms with Gasteiger partial charge in [-0.2, -0.15) is 0 Å². The van der Waals surface area contributed by atoms with Crippen LogP contribution in [0.25, 0.3) is 6.08 Å². The van der Waals surface area contributed by atoms with Gasteiger partial charge in [0.05, 0.1) is 8.07 Å². The number of rotatable bonds is 6. The average Bonchev–Trinajstić information content (AvgIpc) is 2.59. The number of carboxylic acids is 1. The molecule has 4 nitrogen and oxygen atoms in total. The smallest absolute Gasteiger partial charge is 0.328 e. The molecule has 0 fully saturated rings. The lowest BCUT2D eigenvalue weighted by molar-refractivity contribution is -0.131. The van der Waals surface area contributed by atoms with Gasteiger partial charge in [-0.3, -0.25) is 4.79 Å². The van der Waals surface area contributed by atoms with Gasteiger partial charge in [-0.1, -0.05) is 37.0 Å². The summed E-state index contributed by atoms with van der Waals surface area (Å²) in [5.41, 5.74) is 1.03. The number of halogens is 1. The molecule has 0 saturated carbocycles. The zero-order valence-electron chi connectivity index (χ0n) is 17.7. The predicted octanol–water partition coefficient (Wildman–Crippen LogP) is 4.77. The summed E-state index contributed by atoms with van der Waals surface area (Å²) in [6.07, 6.45) is 8.62. The summed E-state index contributed by atoms with van der Waals surface area (Å²) in [5, 5.41) is 12.6. The number of anilines is 1. The highest BCUT2D eigenvalue weighted by Crippen LogP contribution is 2.45. The second kappa shape index (κ2) is 8.55. The van der Waals surface area contributed by atoms with E-state index in [0.717, 1.165) is 6.08 Å². The number of carbonyl (C=O) groups is 2. The molecule has 0 atom stereocenters. The lowest BCUT2D eigenvalue weighted by Gasteiger charge is -2.29. The summed E-state index contributed by atoms with van der Waals surface area (Å²) >= 11 is 0. The molecule has 0 radical (unpaired) electrons. The topological polar surface area (TPSA) is 66.4 Å². The normalized spacial score (nSPS) is 12.8. The van der Waals surface area contributed by atoms with E-state index < -0.39 is 29.9 Å². The standard InChI is InChI=1S/C22H28FNO3SSi/c1-28(2,3)18-11-16(12-19(14-18)29(4,5)6)22(27)24-17-9-7-15(20(23)13-17)8-10-21(25)26/h7-14H,1-6H3,(H,24,27)(H,25,26)/b10-8+. The van der Waals surface area contributed by atoms with Crippen LogP contribution >= 0.6 is 10.0 Å². The molecule has 0 saturated heterocycles. The highest BCUT2D eigenvalue weighted by atomic mass is 32.3. The van der Waals surface area contributed by atoms with Crippen molar-refractivity contribution < 1.29 is 19.1 Å². The number of aliphatic carboxylic acids is 1. The van der Waals surface area contributed by atoms with Crippen LogP contribution < -0.4 is 10.5 Å². The summed E-state index contributed by atoms with van der Waals surface area (Å²) in [5.74, 6) is -2.04. The van der Waals surface area contributed by atoms with Gasteiger partial charge in [0.2, 0.25) is 0 Å². The van der Waals surface area contributed by atoms with Gasteiger partial charge in [-0.15, -0.1) is 0 Å². The molecule has 0 heterocycles. The molecule has 0 spiro atoms. The Hall–Kier alpha value is -2.38. The molecule has 156 valence electrons. The third kappa shape index (κ3) is 6.30. The van der Waals surface area contributed by atoms with E-state index in [1.807, 2.05) is 12.1 Å². The lowest BCUT2D eigenvalue weighted by atomic mass is 10.1. The number of carbonyl (C=O) groups excluding carboxylic acids is 1. The first-order valence-electron chi connectivity index (χ1n) is 9.13. The van der Waals surface area contributed by atoms with Crippen molar-refractivity contribution in [3.8, 4) is 0 Å².